The van der Waals surface area contributed by atoms with Crippen molar-refractivity contribution in [1.29, 1.82) is 0 Å². The molecule has 2 aromatic heterocycles. The van der Waals surface area contributed by atoms with E-state index in [2.05, 4.69) is 20.5 Å². The summed E-state index contributed by atoms with van der Waals surface area (Å²) in [6, 6.07) is 0. The second kappa shape index (κ2) is 4.08. The molecule has 1 atom stereocenters. The normalized spacial score (nSPS) is 12.9. The molecule has 2 aromatic rings. The van der Waals surface area contributed by atoms with Crippen LogP contribution < -0.4 is 0 Å². The summed E-state index contributed by atoms with van der Waals surface area (Å²) in [5.74, 6) is -0.838. The van der Waals surface area contributed by atoms with Gasteiger partial charge in [0.2, 0.25) is 0 Å². The van der Waals surface area contributed by atoms with Gasteiger partial charge in [0, 0.05) is 11.4 Å². The van der Waals surface area contributed by atoms with Gasteiger partial charge in [-0.15, -0.1) is 0 Å². The molecule has 2 rings (SSSR count). The molecule has 0 radical (unpaired) electrons. The van der Waals surface area contributed by atoms with E-state index in [0.29, 0.717) is 12.2 Å². The van der Waals surface area contributed by atoms with E-state index in [1.165, 1.54) is 4.52 Å². The van der Waals surface area contributed by atoms with Gasteiger partial charge in [-0.1, -0.05) is 12.0 Å². The summed E-state index contributed by atoms with van der Waals surface area (Å²) in [6.07, 6.45) is 0.426. The number of hydrogen-bond acceptors (Lipinski definition) is 5. The number of tetrazole rings is 1. The monoisotopic (exact) mass is 235 g/mol. The molecule has 0 aromatic carbocycles. The number of aromatic nitrogens is 5. The van der Waals surface area contributed by atoms with Crippen LogP contribution in [0.25, 0.3) is 5.78 Å². The van der Waals surface area contributed by atoms with Gasteiger partial charge < -0.3 is 5.11 Å². The highest BCUT2D eigenvalue weighted by Crippen LogP contribution is 2.17. The van der Waals surface area contributed by atoms with E-state index in [-0.39, 0.29) is 0 Å². The van der Waals surface area contributed by atoms with Gasteiger partial charge in [-0.05, 0) is 36.3 Å². The number of nitrogens with zero attached hydrogens (tertiary/aromatic N) is 5. The fourth-order valence-corrected chi connectivity index (χ4v) is 1.77. The van der Waals surface area contributed by atoms with Crippen molar-refractivity contribution in [3.63, 3.8) is 0 Å². The molecule has 0 aliphatic carbocycles. The Kier molecular flexibility index (Phi) is 2.74. The molecule has 0 bridgehead atoms. The molecule has 0 amide bonds. The van der Waals surface area contributed by atoms with Crippen LogP contribution >= 0.6 is 0 Å². The lowest BCUT2D eigenvalue weighted by atomic mass is 9.99. The predicted molar refractivity (Wildman–Crippen MR) is 58.6 cm³/mol. The van der Waals surface area contributed by atoms with Crippen LogP contribution in [0.2, 0.25) is 0 Å². The lowest BCUT2D eigenvalue weighted by Crippen LogP contribution is -2.16. The smallest absolute Gasteiger partial charge is 0.306 e. The molecular formula is C10H13N5O2. The van der Waals surface area contributed by atoms with Crippen molar-refractivity contribution in [2.75, 3.05) is 0 Å². The molecule has 7 heteroatoms. The lowest BCUT2D eigenvalue weighted by Gasteiger charge is -2.11. The van der Waals surface area contributed by atoms with Crippen LogP contribution in [0.1, 0.15) is 23.9 Å². The Balaban J connectivity index is 2.49. The Hall–Kier alpha value is -2.05. The number of aryl methyl sites for hydroxylation is 2. The summed E-state index contributed by atoms with van der Waals surface area (Å²) in [5, 5.41) is 20.1. The van der Waals surface area contributed by atoms with Crippen LogP contribution in [0.5, 0.6) is 0 Å². The average molecular weight is 235 g/mol. The first kappa shape index (κ1) is 11.4. The maximum Gasteiger partial charge on any atom is 0.306 e. The van der Waals surface area contributed by atoms with Crippen molar-refractivity contribution in [1.82, 2.24) is 25.0 Å². The number of hydrogen-bond donors (Lipinski definition) is 1. The first-order valence-electron chi connectivity index (χ1n) is 5.27. The van der Waals surface area contributed by atoms with Crippen LogP contribution in [0.3, 0.4) is 0 Å². The number of rotatable bonds is 3. The molecule has 0 aliphatic rings. The average Bonchev–Trinajstić information content (AvgIpc) is 2.71. The van der Waals surface area contributed by atoms with E-state index < -0.39 is 11.9 Å². The largest absolute Gasteiger partial charge is 0.481 e. The topological polar surface area (TPSA) is 93.3 Å². The minimum atomic E-state index is -0.819. The molecule has 1 N–H and O–H groups in total. The Morgan fingerprint density at radius 1 is 1.47 bits per heavy atom. The van der Waals surface area contributed by atoms with Crippen LogP contribution in [-0.4, -0.2) is 36.1 Å². The zero-order valence-electron chi connectivity index (χ0n) is 9.88. The molecule has 0 aliphatic heterocycles. The predicted octanol–water partition coefficient (Wildman–Crippen LogP) is 0.399. The number of carboxylic acids is 1. The molecule has 0 saturated heterocycles. The van der Waals surface area contributed by atoms with E-state index in [9.17, 15) is 4.79 Å². The molecule has 7 nitrogen and oxygen atoms in total. The summed E-state index contributed by atoms with van der Waals surface area (Å²) in [4.78, 5) is 15.1. The first-order valence-corrected chi connectivity index (χ1v) is 5.27. The van der Waals surface area contributed by atoms with Gasteiger partial charge in [-0.25, -0.2) is 4.98 Å². The molecule has 0 fully saturated rings. The van der Waals surface area contributed by atoms with Crippen LogP contribution in [-0.2, 0) is 11.2 Å². The van der Waals surface area contributed by atoms with Crippen LogP contribution in [0.4, 0.5) is 0 Å². The van der Waals surface area contributed by atoms with Gasteiger partial charge in [-0.2, -0.15) is 4.52 Å². The zero-order valence-corrected chi connectivity index (χ0v) is 9.88. The van der Waals surface area contributed by atoms with Gasteiger partial charge in [0.15, 0.2) is 0 Å². The zero-order chi connectivity index (χ0) is 12.6. The minimum absolute atomic E-state index is 0.426. The number of carbonyl (C=O) groups is 1. The molecule has 1 unspecified atom stereocenters. The highest BCUT2D eigenvalue weighted by Gasteiger charge is 2.17. The standard InChI is InChI=1S/C10H13N5O2/c1-5(9(16)17)4-8-6(2)11-10-12-13-14-15(10)7(8)3/h5H,4H2,1-3H3,(H,16,17). The summed E-state index contributed by atoms with van der Waals surface area (Å²) in [7, 11) is 0. The second-order valence-corrected chi connectivity index (χ2v) is 4.10. The molecule has 17 heavy (non-hydrogen) atoms. The van der Waals surface area contributed by atoms with E-state index in [1.54, 1.807) is 6.92 Å². The minimum Gasteiger partial charge on any atom is -0.481 e. The third kappa shape index (κ3) is 1.95. The van der Waals surface area contributed by atoms with Gasteiger partial charge >= 0.3 is 5.97 Å². The summed E-state index contributed by atoms with van der Waals surface area (Å²) in [6.45, 7) is 5.37. The summed E-state index contributed by atoms with van der Waals surface area (Å²) >= 11 is 0. The first-order chi connectivity index (χ1) is 8.00. The second-order valence-electron chi connectivity index (χ2n) is 4.10. The molecule has 0 saturated carbocycles. The van der Waals surface area contributed by atoms with Crippen molar-refractivity contribution < 1.29 is 9.90 Å². The lowest BCUT2D eigenvalue weighted by molar-refractivity contribution is -0.141. The van der Waals surface area contributed by atoms with E-state index in [0.717, 1.165) is 17.0 Å². The number of aliphatic carboxylic acids is 1. The fourth-order valence-electron chi connectivity index (χ4n) is 1.77. The third-order valence-corrected chi connectivity index (χ3v) is 2.84. The van der Waals surface area contributed by atoms with Crippen molar-refractivity contribution in [2.45, 2.75) is 27.2 Å². The molecule has 2 heterocycles. The van der Waals surface area contributed by atoms with E-state index in [4.69, 9.17) is 5.11 Å². The Morgan fingerprint density at radius 2 is 2.18 bits per heavy atom. The van der Waals surface area contributed by atoms with Crippen LogP contribution in [0, 0.1) is 19.8 Å². The third-order valence-electron chi connectivity index (χ3n) is 2.84. The van der Waals surface area contributed by atoms with Gasteiger partial charge in [0.25, 0.3) is 5.78 Å². The fraction of sp³-hybridized carbons (Fsp3) is 0.500. The van der Waals surface area contributed by atoms with Crippen molar-refractivity contribution in [3.05, 3.63) is 17.0 Å². The van der Waals surface area contributed by atoms with Gasteiger partial charge in [-0.3, -0.25) is 4.79 Å². The highest BCUT2D eigenvalue weighted by atomic mass is 16.4. The maximum atomic E-state index is 10.9. The van der Waals surface area contributed by atoms with E-state index >= 15 is 0 Å². The Bertz CT molecular complexity index is 577. The van der Waals surface area contributed by atoms with Crippen LogP contribution in [0.15, 0.2) is 0 Å². The Labute approximate surface area is 97.5 Å². The quantitative estimate of drug-likeness (QED) is 0.827. The molecule has 0 spiro atoms. The SMILES string of the molecule is Cc1nc2nnnn2c(C)c1CC(C)C(=O)O. The van der Waals surface area contributed by atoms with Crippen molar-refractivity contribution in [2.24, 2.45) is 5.92 Å². The Morgan fingerprint density at radius 3 is 2.82 bits per heavy atom. The van der Waals surface area contributed by atoms with Crippen molar-refractivity contribution in [3.8, 4) is 0 Å². The molecular weight excluding hydrogens is 222 g/mol. The van der Waals surface area contributed by atoms with E-state index in [1.807, 2.05) is 13.8 Å². The summed E-state index contributed by atoms with van der Waals surface area (Å²) < 4.78 is 1.52. The summed E-state index contributed by atoms with van der Waals surface area (Å²) in [5.41, 5.74) is 2.50. The highest BCUT2D eigenvalue weighted by molar-refractivity contribution is 5.70. The number of carboxylic acid groups (broad SMARTS) is 1. The van der Waals surface area contributed by atoms with Gasteiger partial charge in [0.05, 0.1) is 5.92 Å². The number of fused-ring (bicyclic) bond motifs is 1. The molecule has 90 valence electrons. The van der Waals surface area contributed by atoms with Gasteiger partial charge in [0.1, 0.15) is 0 Å². The van der Waals surface area contributed by atoms with Crippen molar-refractivity contribution >= 4 is 11.7 Å². The maximum absolute atomic E-state index is 10.9.